The number of aryl methyl sites for hydroxylation is 1. The third-order valence-electron chi connectivity index (χ3n) is 9.44. The van der Waals surface area contributed by atoms with Crippen molar-refractivity contribution < 1.29 is 0 Å². The number of para-hydroxylation sites is 4. The Hall–Kier alpha value is -5.86. The van der Waals surface area contributed by atoms with Crippen LogP contribution in [0.3, 0.4) is 0 Å². The molecule has 0 radical (unpaired) electrons. The van der Waals surface area contributed by atoms with E-state index in [1.165, 1.54) is 53.5 Å². The summed E-state index contributed by atoms with van der Waals surface area (Å²) in [6, 6.07) is 65.6. The van der Waals surface area contributed by atoms with Gasteiger partial charge in [-0.3, -0.25) is 0 Å². The van der Waals surface area contributed by atoms with E-state index in [1.807, 2.05) is 0 Å². The third kappa shape index (κ3) is 5.89. The highest BCUT2D eigenvalue weighted by Gasteiger charge is 2.20. The zero-order valence-corrected chi connectivity index (χ0v) is 27.0. The average molecular weight is 619 g/mol. The van der Waals surface area contributed by atoms with E-state index in [9.17, 15) is 0 Å². The van der Waals surface area contributed by atoms with Crippen LogP contribution in [-0.2, 0) is 12.8 Å². The van der Waals surface area contributed by atoms with Crippen molar-refractivity contribution in [2.45, 2.75) is 25.7 Å². The molecule has 0 saturated carbocycles. The molecule has 7 aromatic rings. The fraction of sp³-hybridized carbons (Fsp3) is 0.0870. The Labute approximate surface area is 284 Å². The summed E-state index contributed by atoms with van der Waals surface area (Å²) in [5.41, 5.74) is 14.8. The van der Waals surface area contributed by atoms with Gasteiger partial charge in [0, 0.05) is 34.0 Å². The summed E-state index contributed by atoms with van der Waals surface area (Å²) in [5, 5.41) is 0. The van der Waals surface area contributed by atoms with Gasteiger partial charge in [-0.05, 0) is 120 Å². The predicted octanol–water partition coefficient (Wildman–Crippen LogP) is 12.8. The van der Waals surface area contributed by atoms with Crippen molar-refractivity contribution in [2.24, 2.45) is 0 Å². The highest BCUT2D eigenvalue weighted by molar-refractivity contribution is 5.90. The van der Waals surface area contributed by atoms with Gasteiger partial charge in [0.1, 0.15) is 0 Å². The molecule has 0 spiro atoms. The number of benzene rings is 7. The van der Waals surface area contributed by atoms with Gasteiger partial charge in [-0.15, -0.1) is 0 Å². The summed E-state index contributed by atoms with van der Waals surface area (Å²) in [7, 11) is 0. The standard InChI is InChI=1S/C46H38N2/c1-4-19-38(20-5-1)47(39-21-6-2-7-22-39)42-25-14-18-37(34-42)45-27-12-13-29-46(45)48(40-23-8-3-9-24-40)41-32-30-36(31-33-41)44-28-15-17-35-16-10-11-26-43(35)44/h1-9,12-15,17-25,27-34H,10-11,16,26H2. The minimum atomic E-state index is 1.11. The topological polar surface area (TPSA) is 6.48 Å². The first-order chi connectivity index (χ1) is 23.8. The smallest absolute Gasteiger partial charge is 0.0540 e. The molecular weight excluding hydrogens is 581 g/mol. The minimum Gasteiger partial charge on any atom is -0.310 e. The Balaban J connectivity index is 1.22. The number of fused-ring (bicyclic) bond motifs is 1. The van der Waals surface area contributed by atoms with Crippen LogP contribution in [0.4, 0.5) is 34.1 Å². The van der Waals surface area contributed by atoms with E-state index < -0.39 is 0 Å². The molecule has 0 aromatic heterocycles. The molecule has 1 aliphatic carbocycles. The molecule has 232 valence electrons. The van der Waals surface area contributed by atoms with E-state index in [1.54, 1.807) is 0 Å². The number of hydrogen-bond donors (Lipinski definition) is 0. The van der Waals surface area contributed by atoms with E-state index in [2.05, 4.69) is 192 Å². The first-order valence-electron chi connectivity index (χ1n) is 17.0. The Morgan fingerprint density at radius 1 is 0.333 bits per heavy atom. The van der Waals surface area contributed by atoms with Crippen molar-refractivity contribution >= 4 is 34.1 Å². The molecule has 0 aliphatic heterocycles. The molecule has 0 unspecified atom stereocenters. The fourth-order valence-corrected chi connectivity index (χ4v) is 7.17. The van der Waals surface area contributed by atoms with Crippen LogP contribution in [0, 0.1) is 0 Å². The monoisotopic (exact) mass is 618 g/mol. The predicted molar refractivity (Wildman–Crippen MR) is 203 cm³/mol. The molecule has 0 bridgehead atoms. The van der Waals surface area contributed by atoms with Crippen molar-refractivity contribution in [1.82, 2.24) is 0 Å². The normalized spacial score (nSPS) is 12.2. The van der Waals surface area contributed by atoms with Crippen molar-refractivity contribution in [3.63, 3.8) is 0 Å². The van der Waals surface area contributed by atoms with Crippen LogP contribution in [0.15, 0.2) is 182 Å². The SMILES string of the molecule is c1ccc(N(c2ccccc2)c2cccc(-c3ccccc3N(c3ccccc3)c3ccc(-c4cccc5c4CCCC5)cc3)c2)cc1. The highest BCUT2D eigenvalue weighted by atomic mass is 15.1. The zero-order valence-electron chi connectivity index (χ0n) is 27.0. The summed E-state index contributed by atoms with van der Waals surface area (Å²) >= 11 is 0. The fourth-order valence-electron chi connectivity index (χ4n) is 7.17. The van der Waals surface area contributed by atoms with Crippen LogP contribution >= 0.6 is 0 Å². The maximum Gasteiger partial charge on any atom is 0.0540 e. The summed E-state index contributed by atoms with van der Waals surface area (Å²) in [6.45, 7) is 0. The number of hydrogen-bond acceptors (Lipinski definition) is 2. The molecule has 8 rings (SSSR count). The Morgan fingerprint density at radius 2 is 0.854 bits per heavy atom. The maximum absolute atomic E-state index is 2.39. The molecular formula is C46H38N2. The van der Waals surface area contributed by atoms with Crippen LogP contribution in [0.1, 0.15) is 24.0 Å². The lowest BCUT2D eigenvalue weighted by atomic mass is 9.86. The van der Waals surface area contributed by atoms with Gasteiger partial charge in [-0.25, -0.2) is 0 Å². The quantitative estimate of drug-likeness (QED) is 0.167. The minimum absolute atomic E-state index is 1.11. The highest BCUT2D eigenvalue weighted by Crippen LogP contribution is 2.43. The van der Waals surface area contributed by atoms with E-state index in [0.717, 1.165) is 39.7 Å². The van der Waals surface area contributed by atoms with Crippen LogP contribution in [0.5, 0.6) is 0 Å². The van der Waals surface area contributed by atoms with Gasteiger partial charge in [-0.1, -0.05) is 115 Å². The van der Waals surface area contributed by atoms with Gasteiger partial charge in [0.25, 0.3) is 0 Å². The van der Waals surface area contributed by atoms with Crippen LogP contribution in [0.2, 0.25) is 0 Å². The zero-order chi connectivity index (χ0) is 32.1. The van der Waals surface area contributed by atoms with Crippen molar-refractivity contribution in [2.75, 3.05) is 9.80 Å². The Kier molecular flexibility index (Phi) is 8.29. The second-order valence-corrected chi connectivity index (χ2v) is 12.4. The second kappa shape index (κ2) is 13.5. The number of rotatable bonds is 8. The average Bonchev–Trinajstić information content (AvgIpc) is 3.17. The molecule has 7 aromatic carbocycles. The summed E-state index contributed by atoms with van der Waals surface area (Å²) < 4.78 is 0. The van der Waals surface area contributed by atoms with Gasteiger partial charge < -0.3 is 9.80 Å². The van der Waals surface area contributed by atoms with E-state index in [-0.39, 0.29) is 0 Å². The molecule has 0 amide bonds. The van der Waals surface area contributed by atoms with Crippen LogP contribution in [-0.4, -0.2) is 0 Å². The number of anilines is 6. The molecule has 2 heteroatoms. The van der Waals surface area contributed by atoms with Gasteiger partial charge >= 0.3 is 0 Å². The Morgan fingerprint density at radius 3 is 1.54 bits per heavy atom. The van der Waals surface area contributed by atoms with Crippen molar-refractivity contribution in [3.05, 3.63) is 193 Å². The number of nitrogens with zero attached hydrogens (tertiary/aromatic N) is 2. The second-order valence-electron chi connectivity index (χ2n) is 12.4. The molecule has 0 atom stereocenters. The van der Waals surface area contributed by atoms with Crippen molar-refractivity contribution in [1.29, 1.82) is 0 Å². The molecule has 0 N–H and O–H groups in total. The lowest BCUT2D eigenvalue weighted by Gasteiger charge is -2.29. The molecule has 48 heavy (non-hydrogen) atoms. The van der Waals surface area contributed by atoms with Gasteiger partial charge in [0.05, 0.1) is 5.69 Å². The largest absolute Gasteiger partial charge is 0.310 e. The maximum atomic E-state index is 2.39. The molecule has 2 nitrogen and oxygen atoms in total. The summed E-state index contributed by atoms with van der Waals surface area (Å²) in [4.78, 5) is 4.71. The lowest BCUT2D eigenvalue weighted by molar-refractivity contribution is 0.687. The third-order valence-corrected chi connectivity index (χ3v) is 9.44. The summed E-state index contributed by atoms with van der Waals surface area (Å²) in [5.74, 6) is 0. The Bertz CT molecular complexity index is 2080. The summed E-state index contributed by atoms with van der Waals surface area (Å²) in [6.07, 6.45) is 4.92. The van der Waals surface area contributed by atoms with E-state index >= 15 is 0 Å². The molecule has 0 fully saturated rings. The van der Waals surface area contributed by atoms with Crippen molar-refractivity contribution in [3.8, 4) is 22.3 Å². The van der Waals surface area contributed by atoms with Gasteiger partial charge in [0.2, 0.25) is 0 Å². The molecule has 0 saturated heterocycles. The molecule has 1 aliphatic rings. The van der Waals surface area contributed by atoms with Crippen LogP contribution < -0.4 is 9.80 Å². The van der Waals surface area contributed by atoms with E-state index in [0.29, 0.717) is 0 Å². The molecule has 0 heterocycles. The van der Waals surface area contributed by atoms with Crippen LogP contribution in [0.25, 0.3) is 22.3 Å². The first kappa shape index (κ1) is 29.5. The van der Waals surface area contributed by atoms with E-state index in [4.69, 9.17) is 0 Å². The van der Waals surface area contributed by atoms with Gasteiger partial charge in [0.15, 0.2) is 0 Å². The van der Waals surface area contributed by atoms with Gasteiger partial charge in [-0.2, -0.15) is 0 Å². The first-order valence-corrected chi connectivity index (χ1v) is 17.0. The lowest BCUT2D eigenvalue weighted by Crippen LogP contribution is -2.12.